The zero-order chi connectivity index (χ0) is 38.0. The fourth-order valence-corrected chi connectivity index (χ4v) is 8.12. The summed E-state index contributed by atoms with van der Waals surface area (Å²) in [6.45, 7) is 6.02. The lowest BCUT2D eigenvalue weighted by Crippen LogP contribution is -2.45. The first-order valence-corrected chi connectivity index (χ1v) is 20.0. The van der Waals surface area contributed by atoms with Gasteiger partial charge in [-0.2, -0.15) is 0 Å². The average Bonchev–Trinajstić information content (AvgIpc) is 3.90. The first-order valence-electron chi connectivity index (χ1n) is 20.0. The van der Waals surface area contributed by atoms with Gasteiger partial charge in [0.25, 0.3) is 0 Å². The molecule has 0 bridgehead atoms. The van der Waals surface area contributed by atoms with Crippen molar-refractivity contribution in [1.82, 2.24) is 15.1 Å². The number of rotatable bonds is 15. The smallest absolute Gasteiger partial charge is 0.224 e. The van der Waals surface area contributed by atoms with E-state index in [-0.39, 0.29) is 43.5 Å². The van der Waals surface area contributed by atoms with Gasteiger partial charge in [0.2, 0.25) is 11.8 Å². The van der Waals surface area contributed by atoms with Crippen LogP contribution in [0.25, 0.3) is 11.1 Å². The molecular weight excluding hydrogens is 691 g/mol. The standard InChI is InChI=1S/C45H55N5O5/c46-40-11-1-2-12-41(40)48-44(53)14-6-13-43(52)47-28-33-8-5-9-37(26-33)34-19-21-36(22-20-34)45-54-39(27-42(55-45)35-17-15-32(31-51)16-18-35)30-50-25-7-10-38(50)29-49-23-3-4-24-49/h1-2,5,8-9,11-12,15-22,26,38-39,42,45,51H,3-4,6-7,10,13-14,23-25,27-31,46H2,(H,47,52)(H,48,53)/t38-,39+,42-,45-/m0/s1. The number of nitrogen functional groups attached to an aromatic ring is 1. The van der Waals surface area contributed by atoms with Crippen LogP contribution in [-0.2, 0) is 32.2 Å². The molecule has 55 heavy (non-hydrogen) atoms. The van der Waals surface area contributed by atoms with E-state index in [9.17, 15) is 14.7 Å². The molecule has 2 amide bonds. The van der Waals surface area contributed by atoms with Crippen LogP contribution < -0.4 is 16.4 Å². The molecule has 10 nitrogen and oxygen atoms in total. The van der Waals surface area contributed by atoms with Crippen LogP contribution in [-0.4, -0.2) is 71.6 Å². The Hall–Kier alpha value is -4.58. The molecule has 10 heteroatoms. The number of amides is 2. The Bertz CT molecular complexity index is 1860. The Labute approximate surface area is 325 Å². The van der Waals surface area contributed by atoms with Gasteiger partial charge in [0.1, 0.15) is 0 Å². The molecule has 5 N–H and O–H groups in total. The van der Waals surface area contributed by atoms with E-state index in [1.54, 1.807) is 12.1 Å². The number of anilines is 2. The minimum absolute atomic E-state index is 0.0193. The van der Waals surface area contributed by atoms with Crippen LogP contribution >= 0.6 is 0 Å². The normalized spacial score (nSPS) is 21.8. The number of hydrogen-bond donors (Lipinski definition) is 4. The predicted octanol–water partition coefficient (Wildman–Crippen LogP) is 6.96. The molecule has 4 aromatic rings. The van der Waals surface area contributed by atoms with Crippen LogP contribution in [0.4, 0.5) is 11.4 Å². The fourth-order valence-electron chi connectivity index (χ4n) is 8.12. The van der Waals surface area contributed by atoms with Gasteiger partial charge in [-0.25, -0.2) is 0 Å². The first-order chi connectivity index (χ1) is 26.9. The third kappa shape index (κ3) is 10.6. The van der Waals surface area contributed by atoms with E-state index in [0.29, 0.717) is 30.4 Å². The molecule has 0 aliphatic carbocycles. The molecule has 0 spiro atoms. The SMILES string of the molecule is Nc1ccccc1NC(=O)CCCC(=O)NCc1cccc(-c2ccc([C@H]3O[C@@H](CN4CCC[C@H]4CN4CCCC4)C[C@@H](c4ccc(CO)cc4)O3)cc2)c1. The molecule has 290 valence electrons. The van der Waals surface area contributed by atoms with E-state index in [2.05, 4.69) is 69.0 Å². The maximum atomic E-state index is 12.6. The fraction of sp³-hybridized carbons (Fsp3) is 0.422. The number of para-hydroxylation sites is 2. The number of carbonyl (C=O) groups excluding carboxylic acids is 2. The molecule has 4 aromatic carbocycles. The summed E-state index contributed by atoms with van der Waals surface area (Å²) in [6, 6.07) is 32.4. The highest BCUT2D eigenvalue weighted by molar-refractivity contribution is 5.94. The van der Waals surface area contributed by atoms with Crippen molar-refractivity contribution in [3.8, 4) is 11.1 Å². The minimum atomic E-state index is -0.501. The van der Waals surface area contributed by atoms with Crippen LogP contribution in [0, 0.1) is 0 Å². The van der Waals surface area contributed by atoms with E-state index in [0.717, 1.165) is 59.4 Å². The molecule has 0 radical (unpaired) electrons. The highest BCUT2D eigenvalue weighted by Crippen LogP contribution is 2.39. The summed E-state index contributed by atoms with van der Waals surface area (Å²) in [5, 5.41) is 15.4. The second kappa shape index (κ2) is 18.8. The van der Waals surface area contributed by atoms with Crippen LogP contribution in [0.2, 0.25) is 0 Å². The maximum absolute atomic E-state index is 12.6. The highest BCUT2D eigenvalue weighted by Gasteiger charge is 2.36. The summed E-state index contributed by atoms with van der Waals surface area (Å²) in [6.07, 6.45) is 6.24. The van der Waals surface area contributed by atoms with Gasteiger partial charge in [-0.1, -0.05) is 78.9 Å². The molecule has 3 fully saturated rings. The summed E-state index contributed by atoms with van der Waals surface area (Å²) in [5.41, 5.74) is 13.1. The minimum Gasteiger partial charge on any atom is -0.397 e. The van der Waals surface area contributed by atoms with E-state index < -0.39 is 6.29 Å². The predicted molar refractivity (Wildman–Crippen MR) is 216 cm³/mol. The van der Waals surface area contributed by atoms with Crippen LogP contribution in [0.3, 0.4) is 0 Å². The number of nitrogens with two attached hydrogens (primary N) is 1. The summed E-state index contributed by atoms with van der Waals surface area (Å²) in [5.74, 6) is -0.259. The number of ether oxygens (including phenoxy) is 2. The zero-order valence-corrected chi connectivity index (χ0v) is 31.7. The van der Waals surface area contributed by atoms with E-state index in [1.165, 1.54) is 38.8 Å². The molecule has 0 saturated carbocycles. The van der Waals surface area contributed by atoms with Gasteiger partial charge in [0, 0.05) is 50.5 Å². The number of aliphatic hydroxyl groups is 1. The van der Waals surface area contributed by atoms with Crippen LogP contribution in [0.15, 0.2) is 97.1 Å². The zero-order valence-electron chi connectivity index (χ0n) is 31.7. The van der Waals surface area contributed by atoms with E-state index in [4.69, 9.17) is 15.2 Å². The van der Waals surface area contributed by atoms with Crippen molar-refractivity contribution in [2.45, 2.75) is 89.1 Å². The Morgan fingerprint density at radius 3 is 2.31 bits per heavy atom. The number of likely N-dealkylation sites (tertiary alicyclic amines) is 2. The number of nitrogens with zero attached hydrogens (tertiary/aromatic N) is 2. The Morgan fingerprint density at radius 2 is 1.53 bits per heavy atom. The lowest BCUT2D eigenvalue weighted by molar-refractivity contribution is -0.253. The van der Waals surface area contributed by atoms with E-state index in [1.807, 2.05) is 36.4 Å². The topological polar surface area (TPSA) is 129 Å². The lowest BCUT2D eigenvalue weighted by atomic mass is 9.98. The first kappa shape index (κ1) is 38.7. The monoisotopic (exact) mass is 745 g/mol. The quantitative estimate of drug-likeness (QED) is 0.0963. The average molecular weight is 746 g/mol. The third-order valence-electron chi connectivity index (χ3n) is 11.2. The molecule has 0 aromatic heterocycles. The molecular formula is C45H55N5O5. The second-order valence-corrected chi connectivity index (χ2v) is 15.2. The summed E-state index contributed by atoms with van der Waals surface area (Å²) in [7, 11) is 0. The van der Waals surface area contributed by atoms with Gasteiger partial charge < -0.3 is 35.8 Å². The third-order valence-corrected chi connectivity index (χ3v) is 11.2. The van der Waals surface area contributed by atoms with Gasteiger partial charge in [-0.05, 0) is 97.8 Å². The summed E-state index contributed by atoms with van der Waals surface area (Å²) < 4.78 is 13.4. The molecule has 4 atom stereocenters. The molecule has 3 saturated heterocycles. The van der Waals surface area contributed by atoms with Gasteiger partial charge in [-0.3, -0.25) is 14.5 Å². The second-order valence-electron chi connectivity index (χ2n) is 15.2. The number of nitrogens with one attached hydrogen (secondary N) is 2. The molecule has 7 rings (SSSR count). The Kier molecular flexibility index (Phi) is 13.3. The summed E-state index contributed by atoms with van der Waals surface area (Å²) >= 11 is 0. The van der Waals surface area contributed by atoms with Gasteiger partial charge in [-0.15, -0.1) is 0 Å². The van der Waals surface area contributed by atoms with Crippen molar-refractivity contribution in [2.75, 3.05) is 43.8 Å². The van der Waals surface area contributed by atoms with Gasteiger partial charge >= 0.3 is 0 Å². The van der Waals surface area contributed by atoms with Crippen LogP contribution in [0.5, 0.6) is 0 Å². The number of benzene rings is 4. The highest BCUT2D eigenvalue weighted by atomic mass is 16.7. The van der Waals surface area contributed by atoms with E-state index >= 15 is 0 Å². The van der Waals surface area contributed by atoms with Gasteiger partial charge in [0.05, 0.1) is 30.2 Å². The van der Waals surface area contributed by atoms with Crippen molar-refractivity contribution < 1.29 is 24.2 Å². The molecule has 3 aliphatic rings. The van der Waals surface area contributed by atoms with Crippen molar-refractivity contribution in [3.63, 3.8) is 0 Å². The summed E-state index contributed by atoms with van der Waals surface area (Å²) in [4.78, 5) is 30.2. The largest absolute Gasteiger partial charge is 0.397 e. The van der Waals surface area contributed by atoms with Crippen molar-refractivity contribution in [2.24, 2.45) is 0 Å². The van der Waals surface area contributed by atoms with Crippen molar-refractivity contribution in [1.29, 1.82) is 0 Å². The number of hydrogen-bond acceptors (Lipinski definition) is 8. The Balaban J connectivity index is 0.952. The molecule has 3 heterocycles. The molecule has 0 unspecified atom stereocenters. The van der Waals surface area contributed by atoms with Gasteiger partial charge in [0.15, 0.2) is 6.29 Å². The van der Waals surface area contributed by atoms with Crippen molar-refractivity contribution >= 4 is 23.2 Å². The Morgan fingerprint density at radius 1 is 0.764 bits per heavy atom. The lowest BCUT2D eigenvalue weighted by Gasteiger charge is -2.39. The van der Waals surface area contributed by atoms with Crippen LogP contribution in [0.1, 0.15) is 86.0 Å². The molecule has 3 aliphatic heterocycles. The van der Waals surface area contributed by atoms with Crippen molar-refractivity contribution in [3.05, 3.63) is 119 Å². The number of aliphatic hydroxyl groups excluding tert-OH is 1. The number of carbonyl (C=O) groups is 2. The maximum Gasteiger partial charge on any atom is 0.224 e.